The third kappa shape index (κ3) is 4.59. The van der Waals surface area contributed by atoms with E-state index in [1.54, 1.807) is 6.20 Å². The molecule has 3 aromatic rings. The van der Waals surface area contributed by atoms with Gasteiger partial charge >= 0.3 is 5.97 Å². The molecule has 0 radical (unpaired) electrons. The first-order chi connectivity index (χ1) is 11.9. The standard InChI is InChI=1S/C20H22N2O3/c1-20(2,3)25-19(23)10-15-9-16-12-21-22-17(16)11-18(15)24-13-14-7-5-4-6-8-14/h4-9,11-12H,10,13H2,1-3H3,(H,21,22). The fourth-order valence-corrected chi connectivity index (χ4v) is 2.56. The Labute approximate surface area is 147 Å². The molecule has 0 fully saturated rings. The van der Waals surface area contributed by atoms with Crippen molar-refractivity contribution in [3.05, 3.63) is 59.8 Å². The monoisotopic (exact) mass is 338 g/mol. The Hall–Kier alpha value is -2.82. The van der Waals surface area contributed by atoms with E-state index in [-0.39, 0.29) is 12.4 Å². The van der Waals surface area contributed by atoms with Gasteiger partial charge in [0.05, 0.1) is 18.1 Å². The Morgan fingerprint density at radius 1 is 1.16 bits per heavy atom. The molecule has 2 aromatic carbocycles. The van der Waals surface area contributed by atoms with Gasteiger partial charge in [-0.1, -0.05) is 30.3 Å². The van der Waals surface area contributed by atoms with Crippen LogP contribution >= 0.6 is 0 Å². The van der Waals surface area contributed by atoms with Crippen molar-refractivity contribution < 1.29 is 14.3 Å². The molecule has 25 heavy (non-hydrogen) atoms. The third-order valence-electron chi connectivity index (χ3n) is 3.61. The second kappa shape index (κ2) is 6.97. The normalized spacial score (nSPS) is 11.5. The summed E-state index contributed by atoms with van der Waals surface area (Å²) < 4.78 is 11.4. The Balaban J connectivity index is 1.83. The maximum atomic E-state index is 12.2. The number of rotatable bonds is 5. The smallest absolute Gasteiger partial charge is 0.310 e. The molecule has 0 aliphatic rings. The number of nitrogens with zero attached hydrogens (tertiary/aromatic N) is 1. The van der Waals surface area contributed by atoms with Gasteiger partial charge in [-0.3, -0.25) is 9.89 Å². The summed E-state index contributed by atoms with van der Waals surface area (Å²) in [6.07, 6.45) is 1.89. The molecule has 0 aliphatic heterocycles. The lowest BCUT2D eigenvalue weighted by Crippen LogP contribution is -2.25. The van der Waals surface area contributed by atoms with Crippen LogP contribution in [0.5, 0.6) is 5.75 Å². The molecule has 5 nitrogen and oxygen atoms in total. The van der Waals surface area contributed by atoms with Crippen LogP contribution in [0.1, 0.15) is 31.9 Å². The highest BCUT2D eigenvalue weighted by Crippen LogP contribution is 2.27. The summed E-state index contributed by atoms with van der Waals surface area (Å²) in [6.45, 7) is 6.01. The number of hydrogen-bond acceptors (Lipinski definition) is 4. The van der Waals surface area contributed by atoms with Crippen LogP contribution in [0.15, 0.2) is 48.7 Å². The molecule has 130 valence electrons. The molecule has 5 heteroatoms. The summed E-state index contributed by atoms with van der Waals surface area (Å²) >= 11 is 0. The van der Waals surface area contributed by atoms with Gasteiger partial charge in [0.1, 0.15) is 18.0 Å². The van der Waals surface area contributed by atoms with E-state index in [0.717, 1.165) is 22.0 Å². The van der Waals surface area contributed by atoms with Crippen LogP contribution in [0.2, 0.25) is 0 Å². The third-order valence-corrected chi connectivity index (χ3v) is 3.61. The lowest BCUT2D eigenvalue weighted by atomic mass is 10.1. The summed E-state index contributed by atoms with van der Waals surface area (Å²) in [7, 11) is 0. The quantitative estimate of drug-likeness (QED) is 0.714. The minimum absolute atomic E-state index is 0.155. The predicted molar refractivity (Wildman–Crippen MR) is 96.4 cm³/mol. The lowest BCUT2D eigenvalue weighted by Gasteiger charge is -2.20. The van der Waals surface area contributed by atoms with Gasteiger partial charge in [-0.05, 0) is 32.4 Å². The summed E-state index contributed by atoms with van der Waals surface area (Å²) in [4.78, 5) is 12.2. The van der Waals surface area contributed by atoms with Crippen molar-refractivity contribution in [2.75, 3.05) is 0 Å². The molecule has 0 bridgehead atoms. The van der Waals surface area contributed by atoms with Crippen molar-refractivity contribution in [1.29, 1.82) is 0 Å². The van der Waals surface area contributed by atoms with Crippen LogP contribution in [-0.2, 0) is 22.6 Å². The SMILES string of the molecule is CC(C)(C)OC(=O)Cc1cc2cn[nH]c2cc1OCc1ccccc1. The molecule has 0 atom stereocenters. The Morgan fingerprint density at radius 2 is 1.92 bits per heavy atom. The van der Waals surface area contributed by atoms with Gasteiger partial charge in [0.25, 0.3) is 0 Å². The second-order valence-electron chi connectivity index (χ2n) is 6.95. The summed E-state index contributed by atoms with van der Waals surface area (Å²) in [5.41, 5.74) is 2.22. The zero-order valence-corrected chi connectivity index (χ0v) is 14.7. The molecule has 0 unspecified atom stereocenters. The minimum atomic E-state index is -0.512. The molecular weight excluding hydrogens is 316 g/mol. The van der Waals surface area contributed by atoms with Crippen molar-refractivity contribution in [2.45, 2.75) is 39.4 Å². The van der Waals surface area contributed by atoms with Gasteiger partial charge in [-0.25, -0.2) is 0 Å². The van der Waals surface area contributed by atoms with E-state index in [1.807, 2.05) is 63.2 Å². The van der Waals surface area contributed by atoms with Crippen molar-refractivity contribution >= 4 is 16.9 Å². The topological polar surface area (TPSA) is 64.2 Å². The van der Waals surface area contributed by atoms with Crippen molar-refractivity contribution in [2.24, 2.45) is 0 Å². The largest absolute Gasteiger partial charge is 0.489 e. The number of nitrogens with one attached hydrogen (secondary N) is 1. The highest BCUT2D eigenvalue weighted by atomic mass is 16.6. The van der Waals surface area contributed by atoms with Crippen molar-refractivity contribution in [1.82, 2.24) is 10.2 Å². The van der Waals surface area contributed by atoms with Crippen LogP contribution < -0.4 is 4.74 Å². The lowest BCUT2D eigenvalue weighted by molar-refractivity contribution is -0.153. The van der Waals surface area contributed by atoms with Crippen molar-refractivity contribution in [3.63, 3.8) is 0 Å². The van der Waals surface area contributed by atoms with Gasteiger partial charge in [0.2, 0.25) is 0 Å². The van der Waals surface area contributed by atoms with Gasteiger partial charge in [0, 0.05) is 17.0 Å². The zero-order chi connectivity index (χ0) is 17.9. The Morgan fingerprint density at radius 3 is 2.64 bits per heavy atom. The highest BCUT2D eigenvalue weighted by Gasteiger charge is 2.19. The molecule has 0 saturated heterocycles. The number of carbonyl (C=O) groups is 1. The second-order valence-corrected chi connectivity index (χ2v) is 6.95. The predicted octanol–water partition coefficient (Wildman–Crippen LogP) is 4.03. The number of ether oxygens (including phenoxy) is 2. The van der Waals surface area contributed by atoms with Gasteiger partial charge in [0.15, 0.2) is 0 Å². The highest BCUT2D eigenvalue weighted by molar-refractivity contribution is 5.83. The van der Waals surface area contributed by atoms with Gasteiger partial charge in [-0.15, -0.1) is 0 Å². The molecule has 0 saturated carbocycles. The van der Waals surface area contributed by atoms with Crippen LogP contribution in [0.3, 0.4) is 0 Å². The first-order valence-electron chi connectivity index (χ1n) is 8.25. The van der Waals surface area contributed by atoms with Gasteiger partial charge < -0.3 is 9.47 Å². The number of fused-ring (bicyclic) bond motifs is 1. The number of esters is 1. The number of H-pyrrole nitrogens is 1. The fourth-order valence-electron chi connectivity index (χ4n) is 2.56. The average Bonchev–Trinajstić information content (AvgIpc) is 2.99. The Kier molecular flexibility index (Phi) is 4.74. The average molecular weight is 338 g/mol. The van der Waals surface area contributed by atoms with E-state index < -0.39 is 5.60 Å². The summed E-state index contributed by atoms with van der Waals surface area (Å²) in [6, 6.07) is 13.7. The fraction of sp³-hybridized carbons (Fsp3) is 0.300. The van der Waals surface area contributed by atoms with Crippen molar-refractivity contribution in [3.8, 4) is 5.75 Å². The van der Waals surface area contributed by atoms with E-state index >= 15 is 0 Å². The number of aromatic nitrogens is 2. The molecule has 0 spiro atoms. The molecule has 0 aliphatic carbocycles. The van der Waals surface area contributed by atoms with Crippen LogP contribution in [0.4, 0.5) is 0 Å². The summed E-state index contributed by atoms with van der Waals surface area (Å²) in [5.74, 6) is 0.381. The summed E-state index contributed by atoms with van der Waals surface area (Å²) in [5, 5.41) is 7.91. The minimum Gasteiger partial charge on any atom is -0.489 e. The Bertz CT molecular complexity index is 864. The van der Waals surface area contributed by atoms with E-state index in [2.05, 4.69) is 10.2 Å². The number of aromatic amines is 1. The maximum Gasteiger partial charge on any atom is 0.310 e. The number of carbonyl (C=O) groups excluding carboxylic acids is 1. The molecule has 3 rings (SSSR count). The van der Waals surface area contributed by atoms with Crippen LogP contribution in [0.25, 0.3) is 10.9 Å². The van der Waals surface area contributed by atoms with E-state index in [1.165, 1.54) is 0 Å². The molecule has 1 N–H and O–H groups in total. The first-order valence-corrected chi connectivity index (χ1v) is 8.25. The van der Waals surface area contributed by atoms with Crippen LogP contribution in [0, 0.1) is 0 Å². The van der Waals surface area contributed by atoms with E-state index in [0.29, 0.717) is 12.4 Å². The zero-order valence-electron chi connectivity index (χ0n) is 14.7. The van der Waals surface area contributed by atoms with Crippen LogP contribution in [-0.4, -0.2) is 21.8 Å². The van der Waals surface area contributed by atoms with E-state index in [9.17, 15) is 4.79 Å². The van der Waals surface area contributed by atoms with E-state index in [4.69, 9.17) is 9.47 Å². The number of benzene rings is 2. The first kappa shape index (κ1) is 17.0. The molecule has 1 heterocycles. The molecular formula is C20H22N2O3. The number of hydrogen-bond donors (Lipinski definition) is 1. The molecule has 1 aromatic heterocycles. The maximum absolute atomic E-state index is 12.2. The molecule has 0 amide bonds. The van der Waals surface area contributed by atoms with Gasteiger partial charge in [-0.2, -0.15) is 5.10 Å².